The van der Waals surface area contributed by atoms with Gasteiger partial charge in [0.15, 0.2) is 0 Å². The van der Waals surface area contributed by atoms with Gasteiger partial charge in [0.1, 0.15) is 12.0 Å². The Kier molecular flexibility index (Phi) is 7.61. The maximum Gasteiger partial charge on any atom is 0.306 e. The van der Waals surface area contributed by atoms with Gasteiger partial charge in [-0.15, -0.1) is 17.7 Å². The second kappa shape index (κ2) is 10.7. The molecule has 0 aliphatic carbocycles. The molecule has 0 atom stereocenters. The largest absolute Gasteiger partial charge is 0.534 e. The quantitative estimate of drug-likeness (QED) is 0.194. The number of phenols is 1. The van der Waals surface area contributed by atoms with Gasteiger partial charge in [-0.3, -0.25) is 4.40 Å². The van der Waals surface area contributed by atoms with Crippen molar-refractivity contribution in [3.63, 3.8) is 0 Å². The number of hydrogen-bond donors (Lipinski definition) is 3. The minimum Gasteiger partial charge on any atom is -0.534 e. The monoisotopic (exact) mass is 564 g/mol. The van der Waals surface area contributed by atoms with Crippen LogP contribution in [0.25, 0.3) is 28.5 Å². The number of fused-ring (bicyclic) bond motifs is 1. The van der Waals surface area contributed by atoms with Crippen LogP contribution in [0.3, 0.4) is 0 Å². The van der Waals surface area contributed by atoms with E-state index in [4.69, 9.17) is 4.42 Å². The van der Waals surface area contributed by atoms with E-state index >= 15 is 0 Å². The van der Waals surface area contributed by atoms with Crippen LogP contribution in [0, 0.1) is 6.07 Å². The van der Waals surface area contributed by atoms with Crippen LogP contribution in [0.4, 0.5) is 5.95 Å². The molecule has 0 unspecified atom stereocenters. The van der Waals surface area contributed by atoms with Crippen LogP contribution in [-0.2, 0) is 42.7 Å². The third-order valence-electron chi connectivity index (χ3n) is 4.97. The summed E-state index contributed by atoms with van der Waals surface area (Å²) in [4.78, 5) is 13.5. The molecule has 5 aromatic rings. The number of rotatable bonds is 8. The summed E-state index contributed by atoms with van der Waals surface area (Å²) < 4.78 is 34.4. The molecule has 0 saturated carbocycles. The topological polar surface area (TPSA) is 135 Å². The van der Waals surface area contributed by atoms with Gasteiger partial charge in [0.2, 0.25) is 16.0 Å². The summed E-state index contributed by atoms with van der Waals surface area (Å²) in [5.41, 5.74) is 2.47. The Balaban J connectivity index is 0.00000289. The molecule has 3 heterocycles. The summed E-state index contributed by atoms with van der Waals surface area (Å²) in [5.74, 6) is 0.696. The number of hydrogen-bond acceptors (Lipinski definition) is 8. The van der Waals surface area contributed by atoms with Crippen molar-refractivity contribution in [3.05, 3.63) is 79.3 Å². The smallest absolute Gasteiger partial charge is 0.306 e. The Morgan fingerprint density at radius 2 is 1.91 bits per heavy atom. The van der Waals surface area contributed by atoms with Crippen LogP contribution in [0.1, 0.15) is 0 Å². The van der Waals surface area contributed by atoms with Crippen LogP contribution in [0.2, 0.25) is 0 Å². The first-order valence-electron chi connectivity index (χ1n) is 10.3. The van der Waals surface area contributed by atoms with Crippen molar-refractivity contribution in [2.75, 3.05) is 18.4 Å². The minimum atomic E-state index is -3.59. The number of oxazole rings is 1. The molecule has 175 valence electrons. The van der Waals surface area contributed by atoms with E-state index in [0.29, 0.717) is 34.4 Å². The third-order valence-corrected chi connectivity index (χ3v) is 6.45. The number of phenolic OH excluding ortho intramolecular Hbond substituents is 1. The molecule has 0 bridgehead atoms. The Morgan fingerprint density at radius 3 is 2.71 bits per heavy atom. The Bertz CT molecular complexity index is 1550. The molecule has 2 aromatic carbocycles. The Hall–Kier alpha value is -3.12. The molecule has 0 aliphatic heterocycles. The number of nitrogens with zero attached hydrogens (tertiary/aromatic N) is 4. The van der Waals surface area contributed by atoms with E-state index in [1.165, 1.54) is 18.4 Å². The first-order chi connectivity index (χ1) is 16.5. The van der Waals surface area contributed by atoms with Crippen molar-refractivity contribution in [1.29, 1.82) is 0 Å². The molecule has 0 fully saturated rings. The first kappa shape index (κ1) is 25.0. The maximum absolute atomic E-state index is 12.3. The summed E-state index contributed by atoms with van der Waals surface area (Å²) in [6.45, 7) is 0.423. The first-order valence-corrected chi connectivity index (χ1v) is 11.8. The number of benzene rings is 2. The molecule has 0 saturated heterocycles. The van der Waals surface area contributed by atoms with Gasteiger partial charge in [-0.2, -0.15) is 17.1 Å². The molecule has 12 heteroatoms. The predicted molar refractivity (Wildman–Crippen MR) is 125 cm³/mol. The minimum absolute atomic E-state index is 0. The van der Waals surface area contributed by atoms with Gasteiger partial charge in [-0.25, -0.2) is 23.1 Å². The van der Waals surface area contributed by atoms with Crippen molar-refractivity contribution in [3.8, 4) is 28.4 Å². The molecule has 3 aromatic heterocycles. The molecule has 0 spiro atoms. The Labute approximate surface area is 226 Å². The van der Waals surface area contributed by atoms with E-state index in [1.807, 2.05) is 0 Å². The van der Waals surface area contributed by atoms with Gasteiger partial charge in [0, 0.05) is 63.9 Å². The standard InChI is InChI=1S/C23H19N6O4S.Y/c30-17-6-4-5-16(15-17)20-21(29-13-14-33-23(29)28-20)19-9-10-24-22(27-19)25-11-12-26-34(31,32)18-7-2-1-3-8-18;/h1-5,7-10,13-15,26,30H,11-12H2,(H,24,25,27);/q-1;. The molecular weight excluding hydrogens is 545 g/mol. The van der Waals surface area contributed by atoms with Crippen molar-refractivity contribution in [1.82, 2.24) is 24.1 Å². The van der Waals surface area contributed by atoms with E-state index in [1.54, 1.807) is 59.3 Å². The van der Waals surface area contributed by atoms with Gasteiger partial charge >= 0.3 is 5.84 Å². The van der Waals surface area contributed by atoms with Gasteiger partial charge in [-0.1, -0.05) is 18.2 Å². The van der Waals surface area contributed by atoms with Crippen LogP contribution >= 0.6 is 0 Å². The van der Waals surface area contributed by atoms with Crippen LogP contribution in [-0.4, -0.2) is 46.0 Å². The van der Waals surface area contributed by atoms with Crippen molar-refractivity contribution < 1.29 is 50.7 Å². The van der Waals surface area contributed by atoms with Gasteiger partial charge in [0.25, 0.3) is 0 Å². The number of aromatic nitrogens is 4. The molecule has 10 nitrogen and oxygen atoms in total. The van der Waals surface area contributed by atoms with Gasteiger partial charge < -0.3 is 14.8 Å². The summed E-state index contributed by atoms with van der Waals surface area (Å²) in [6, 6.07) is 17.6. The zero-order valence-corrected chi connectivity index (χ0v) is 21.9. The Morgan fingerprint density at radius 1 is 1.09 bits per heavy atom. The number of anilines is 1. The van der Waals surface area contributed by atoms with Gasteiger partial charge in [-0.05, 0) is 18.2 Å². The van der Waals surface area contributed by atoms with Crippen LogP contribution in [0.5, 0.6) is 5.75 Å². The van der Waals surface area contributed by atoms with E-state index in [-0.39, 0.29) is 56.4 Å². The molecule has 5 rings (SSSR count). The van der Waals surface area contributed by atoms with Crippen LogP contribution in [0.15, 0.2) is 82.6 Å². The van der Waals surface area contributed by atoms with Crippen molar-refractivity contribution in [2.45, 2.75) is 4.90 Å². The van der Waals surface area contributed by atoms with Gasteiger partial charge in [0.05, 0.1) is 16.3 Å². The fourth-order valence-corrected chi connectivity index (χ4v) is 4.50. The van der Waals surface area contributed by atoms with Crippen LogP contribution < -0.4 is 10.0 Å². The number of imidazole rings is 1. The van der Waals surface area contributed by atoms with E-state index in [9.17, 15) is 13.5 Å². The molecule has 3 N–H and O–H groups in total. The maximum atomic E-state index is 12.3. The zero-order valence-electron chi connectivity index (χ0n) is 18.3. The fourth-order valence-electron chi connectivity index (χ4n) is 3.45. The zero-order chi connectivity index (χ0) is 23.5. The summed E-state index contributed by atoms with van der Waals surface area (Å²) in [6.07, 6.45) is 4.84. The molecule has 0 amide bonds. The average molecular weight is 564 g/mol. The molecule has 35 heavy (non-hydrogen) atoms. The summed E-state index contributed by atoms with van der Waals surface area (Å²) in [7, 11) is -3.59. The number of aromatic hydroxyl groups is 1. The second-order valence-corrected chi connectivity index (χ2v) is 9.00. The van der Waals surface area contributed by atoms with E-state index in [2.05, 4.69) is 31.1 Å². The van der Waals surface area contributed by atoms with Crippen molar-refractivity contribution >= 4 is 21.8 Å². The van der Waals surface area contributed by atoms with Crippen molar-refractivity contribution in [2.24, 2.45) is 0 Å². The predicted octanol–water partition coefficient (Wildman–Crippen LogP) is 2.94. The average Bonchev–Trinajstić information content (AvgIpc) is 3.44. The molecular formula is C23H19N6O4SY-. The SMILES string of the molecule is O=S(=O)(NCCNc1nccc(-c2c(-c3cc[c-]c(O)c3)nc3occn23)n1)c1ccccc1.[Y]. The second-order valence-electron chi connectivity index (χ2n) is 7.23. The van der Waals surface area contributed by atoms with E-state index in [0.717, 1.165) is 0 Å². The number of sulfonamides is 1. The summed E-state index contributed by atoms with van der Waals surface area (Å²) in [5, 5.41) is 12.9. The van der Waals surface area contributed by atoms with E-state index < -0.39 is 10.0 Å². The molecule has 1 radical (unpaired) electrons. The molecule has 0 aliphatic rings. The third kappa shape index (κ3) is 5.43. The summed E-state index contributed by atoms with van der Waals surface area (Å²) >= 11 is 0. The normalized spacial score (nSPS) is 11.3. The fraction of sp³-hybridized carbons (Fsp3) is 0.0870. The number of nitrogens with one attached hydrogen (secondary N) is 2.